The summed E-state index contributed by atoms with van der Waals surface area (Å²) in [6, 6.07) is 7.81. The normalized spacial score (nSPS) is 10.4. The Labute approximate surface area is 100 Å². The number of halogens is 2. The first-order valence-corrected chi connectivity index (χ1v) is 5.44. The van der Waals surface area contributed by atoms with E-state index in [0.717, 1.165) is 0 Å². The standard InChI is InChI=1S/C12H8BrFO2/c1-7-3-2-4-8(11(7)14)12(15)9-5-6-10(13)16-9/h2-6H,1H3. The van der Waals surface area contributed by atoms with E-state index in [0.29, 0.717) is 10.2 Å². The van der Waals surface area contributed by atoms with Crippen LogP contribution in [-0.4, -0.2) is 5.78 Å². The molecule has 4 heteroatoms. The van der Waals surface area contributed by atoms with E-state index in [9.17, 15) is 9.18 Å². The zero-order valence-corrected chi connectivity index (χ0v) is 10.0. The van der Waals surface area contributed by atoms with Gasteiger partial charge in [0.25, 0.3) is 0 Å². The largest absolute Gasteiger partial charge is 0.446 e. The van der Waals surface area contributed by atoms with Crippen LogP contribution in [0.1, 0.15) is 21.7 Å². The number of ketones is 1. The molecule has 0 spiro atoms. The van der Waals surface area contributed by atoms with Crippen LogP contribution in [0.4, 0.5) is 4.39 Å². The lowest BCUT2D eigenvalue weighted by molar-refractivity contribution is 0.100. The lowest BCUT2D eigenvalue weighted by Crippen LogP contribution is -2.04. The fraction of sp³-hybridized carbons (Fsp3) is 0.0833. The average molecular weight is 283 g/mol. The van der Waals surface area contributed by atoms with Crippen molar-refractivity contribution in [1.29, 1.82) is 0 Å². The van der Waals surface area contributed by atoms with Crippen molar-refractivity contribution < 1.29 is 13.6 Å². The minimum Gasteiger partial charge on any atom is -0.446 e. The van der Waals surface area contributed by atoms with Crippen molar-refractivity contribution in [3.63, 3.8) is 0 Å². The van der Waals surface area contributed by atoms with Crippen LogP contribution in [0.2, 0.25) is 0 Å². The summed E-state index contributed by atoms with van der Waals surface area (Å²) in [5.74, 6) is -0.830. The summed E-state index contributed by atoms with van der Waals surface area (Å²) < 4.78 is 19.2. The third-order valence-corrected chi connectivity index (χ3v) is 2.66. The van der Waals surface area contributed by atoms with Crippen molar-refractivity contribution in [3.8, 4) is 0 Å². The first kappa shape index (κ1) is 11.1. The molecule has 0 atom stereocenters. The molecule has 0 aliphatic carbocycles. The topological polar surface area (TPSA) is 30.2 Å². The van der Waals surface area contributed by atoms with E-state index < -0.39 is 11.6 Å². The molecule has 0 aliphatic heterocycles. The minimum absolute atomic E-state index is 0.0295. The Bertz CT molecular complexity index is 546. The summed E-state index contributed by atoms with van der Waals surface area (Å²) in [6.07, 6.45) is 0. The molecule has 1 heterocycles. The lowest BCUT2D eigenvalue weighted by Gasteiger charge is -2.02. The van der Waals surface area contributed by atoms with Crippen LogP contribution >= 0.6 is 15.9 Å². The van der Waals surface area contributed by atoms with Crippen LogP contribution in [-0.2, 0) is 0 Å². The van der Waals surface area contributed by atoms with Crippen molar-refractivity contribution in [3.05, 3.63) is 57.7 Å². The zero-order valence-electron chi connectivity index (χ0n) is 8.46. The van der Waals surface area contributed by atoms with Crippen molar-refractivity contribution in [1.82, 2.24) is 0 Å². The molecule has 16 heavy (non-hydrogen) atoms. The van der Waals surface area contributed by atoms with E-state index in [2.05, 4.69) is 15.9 Å². The second-order valence-corrected chi connectivity index (χ2v) is 4.15. The summed E-state index contributed by atoms with van der Waals surface area (Å²) in [4.78, 5) is 11.9. The maximum absolute atomic E-state index is 13.7. The van der Waals surface area contributed by atoms with Gasteiger partial charge in [0, 0.05) is 0 Å². The van der Waals surface area contributed by atoms with E-state index >= 15 is 0 Å². The molecule has 0 unspecified atom stereocenters. The van der Waals surface area contributed by atoms with Gasteiger partial charge in [-0.25, -0.2) is 4.39 Å². The van der Waals surface area contributed by atoms with Gasteiger partial charge in [-0.15, -0.1) is 0 Å². The number of carbonyl (C=O) groups is 1. The Morgan fingerprint density at radius 2 is 2.06 bits per heavy atom. The van der Waals surface area contributed by atoms with Gasteiger partial charge in [0.1, 0.15) is 5.82 Å². The molecule has 0 fully saturated rings. The van der Waals surface area contributed by atoms with Crippen LogP contribution in [0, 0.1) is 12.7 Å². The van der Waals surface area contributed by atoms with E-state index in [4.69, 9.17) is 4.42 Å². The van der Waals surface area contributed by atoms with Gasteiger partial charge in [-0.1, -0.05) is 12.1 Å². The van der Waals surface area contributed by atoms with Gasteiger partial charge in [0.05, 0.1) is 5.56 Å². The molecule has 2 aromatic rings. The highest BCUT2D eigenvalue weighted by molar-refractivity contribution is 9.10. The van der Waals surface area contributed by atoms with Crippen LogP contribution in [0.3, 0.4) is 0 Å². The minimum atomic E-state index is -0.500. The molecule has 0 bridgehead atoms. The van der Waals surface area contributed by atoms with Gasteiger partial charge in [0.15, 0.2) is 10.4 Å². The summed E-state index contributed by atoms with van der Waals surface area (Å²) in [5.41, 5.74) is 0.471. The molecule has 0 saturated carbocycles. The number of aryl methyl sites for hydroxylation is 1. The van der Waals surface area contributed by atoms with E-state index in [1.807, 2.05) is 0 Å². The first-order valence-electron chi connectivity index (χ1n) is 4.65. The van der Waals surface area contributed by atoms with E-state index in [1.165, 1.54) is 12.1 Å². The van der Waals surface area contributed by atoms with Crippen LogP contribution in [0.15, 0.2) is 39.4 Å². The predicted octanol–water partition coefficient (Wildman–Crippen LogP) is 3.72. The smallest absolute Gasteiger partial charge is 0.231 e. The SMILES string of the molecule is Cc1cccc(C(=O)c2ccc(Br)o2)c1F. The molecule has 0 N–H and O–H groups in total. The summed E-state index contributed by atoms with van der Waals surface area (Å²) in [5, 5.41) is 0. The molecule has 1 aromatic heterocycles. The maximum Gasteiger partial charge on any atom is 0.231 e. The number of hydrogen-bond acceptors (Lipinski definition) is 2. The molecule has 0 radical (unpaired) electrons. The third kappa shape index (κ3) is 1.93. The first-order chi connectivity index (χ1) is 7.59. The molecule has 0 amide bonds. The van der Waals surface area contributed by atoms with Gasteiger partial charge in [-0.3, -0.25) is 4.79 Å². The molecular weight excluding hydrogens is 275 g/mol. The number of rotatable bonds is 2. The van der Waals surface area contributed by atoms with Crippen molar-refractivity contribution in [2.45, 2.75) is 6.92 Å². The molecule has 2 rings (SSSR count). The fourth-order valence-electron chi connectivity index (χ4n) is 1.39. The Morgan fingerprint density at radius 3 is 2.69 bits per heavy atom. The van der Waals surface area contributed by atoms with E-state index in [-0.39, 0.29) is 11.3 Å². The monoisotopic (exact) mass is 282 g/mol. The van der Waals surface area contributed by atoms with Crippen molar-refractivity contribution in [2.75, 3.05) is 0 Å². The molecule has 0 aliphatic rings. The zero-order chi connectivity index (χ0) is 11.7. The average Bonchev–Trinajstić information content (AvgIpc) is 2.68. The Hall–Kier alpha value is -1.42. The number of furan rings is 1. The molecule has 1 aromatic carbocycles. The van der Waals surface area contributed by atoms with E-state index in [1.54, 1.807) is 25.1 Å². The molecule has 2 nitrogen and oxygen atoms in total. The summed E-state index contributed by atoms with van der Waals surface area (Å²) in [6.45, 7) is 1.62. The van der Waals surface area contributed by atoms with Gasteiger partial charge in [-0.05, 0) is 46.6 Å². The summed E-state index contributed by atoms with van der Waals surface area (Å²) >= 11 is 3.09. The van der Waals surface area contributed by atoms with Crippen LogP contribution < -0.4 is 0 Å². The van der Waals surface area contributed by atoms with Gasteiger partial charge < -0.3 is 4.42 Å². The van der Waals surface area contributed by atoms with Gasteiger partial charge >= 0.3 is 0 Å². The number of carbonyl (C=O) groups excluding carboxylic acids is 1. The maximum atomic E-state index is 13.7. The molecule has 82 valence electrons. The van der Waals surface area contributed by atoms with Gasteiger partial charge in [0.2, 0.25) is 5.78 Å². The Balaban J connectivity index is 2.45. The highest BCUT2D eigenvalue weighted by Gasteiger charge is 2.17. The molecular formula is C12H8BrFO2. The van der Waals surface area contributed by atoms with Crippen molar-refractivity contribution in [2.24, 2.45) is 0 Å². The summed E-state index contributed by atoms with van der Waals surface area (Å²) in [7, 11) is 0. The lowest BCUT2D eigenvalue weighted by atomic mass is 10.1. The molecule has 0 saturated heterocycles. The predicted molar refractivity (Wildman–Crippen MR) is 61.0 cm³/mol. The van der Waals surface area contributed by atoms with Gasteiger partial charge in [-0.2, -0.15) is 0 Å². The third-order valence-electron chi connectivity index (χ3n) is 2.23. The fourth-order valence-corrected chi connectivity index (χ4v) is 1.70. The quantitative estimate of drug-likeness (QED) is 0.786. The number of hydrogen-bond donors (Lipinski definition) is 0. The Morgan fingerprint density at radius 1 is 1.31 bits per heavy atom. The van der Waals surface area contributed by atoms with Crippen LogP contribution in [0.5, 0.6) is 0 Å². The van der Waals surface area contributed by atoms with Crippen molar-refractivity contribution >= 4 is 21.7 Å². The second kappa shape index (κ2) is 4.22. The Kier molecular flexibility index (Phi) is 2.92. The second-order valence-electron chi connectivity index (χ2n) is 3.37. The number of benzene rings is 1. The highest BCUT2D eigenvalue weighted by atomic mass is 79.9. The van der Waals surface area contributed by atoms with Crippen LogP contribution in [0.25, 0.3) is 0 Å². The highest BCUT2D eigenvalue weighted by Crippen LogP contribution is 2.20.